The van der Waals surface area contributed by atoms with Gasteiger partial charge >= 0.3 is 0 Å². The van der Waals surface area contributed by atoms with Crippen LogP contribution in [0.25, 0.3) is 0 Å². The van der Waals surface area contributed by atoms with E-state index in [1.807, 2.05) is 100 Å². The Labute approximate surface area is 233 Å². The first kappa shape index (κ1) is 32.7. The van der Waals surface area contributed by atoms with Crippen molar-refractivity contribution in [1.29, 1.82) is 0 Å². The Bertz CT molecular complexity index is 954. The van der Waals surface area contributed by atoms with Gasteiger partial charge in [-0.1, -0.05) is 99.4 Å². The average Bonchev–Trinajstić information content (AvgIpc) is 2.96. The minimum atomic E-state index is -0.464. The molecule has 5 nitrogen and oxygen atoms in total. The fourth-order valence-electron chi connectivity index (χ4n) is 3.61. The van der Waals surface area contributed by atoms with E-state index in [1.165, 1.54) is 0 Å². The number of ether oxygens (including phenoxy) is 1. The predicted molar refractivity (Wildman–Crippen MR) is 158 cm³/mol. The molecule has 0 aliphatic carbocycles. The summed E-state index contributed by atoms with van der Waals surface area (Å²) in [5.74, 6) is 0.664. The largest absolute Gasteiger partial charge is 0.491 e. The van der Waals surface area contributed by atoms with E-state index >= 15 is 0 Å². The summed E-state index contributed by atoms with van der Waals surface area (Å²) in [5, 5.41) is 20.7. The zero-order chi connectivity index (χ0) is 27.5. The fourth-order valence-corrected chi connectivity index (χ4v) is 4.04. The van der Waals surface area contributed by atoms with Crippen molar-refractivity contribution in [3.05, 3.63) is 94.5 Å². The van der Waals surface area contributed by atoms with Crippen LogP contribution >= 0.6 is 23.2 Å². The van der Waals surface area contributed by atoms with Crippen molar-refractivity contribution >= 4 is 28.9 Å². The molecule has 1 fully saturated rings. The second kappa shape index (κ2) is 19.8. The second-order valence-corrected chi connectivity index (χ2v) is 8.54. The first-order valence-corrected chi connectivity index (χ1v) is 13.8. The van der Waals surface area contributed by atoms with Crippen molar-refractivity contribution < 1.29 is 14.9 Å². The summed E-state index contributed by atoms with van der Waals surface area (Å²) < 4.78 is 5.39. The van der Waals surface area contributed by atoms with E-state index in [9.17, 15) is 5.11 Å². The standard InChI is InChI=1S/C20H25ClN2O3.C6H5Cl.2C2H6/c21-18-14-17(26-13-12-24)6-7-19(18)23-10-8-22(9-11-23)15-20(25)16-4-2-1-3-5-16;7-6-4-2-1-3-5-6;2*1-2/h1-7,14,20,24-25H,8-13,15H2;1-5H;2*1-2H3. The number of anilines is 1. The van der Waals surface area contributed by atoms with Gasteiger partial charge in [0.15, 0.2) is 0 Å². The van der Waals surface area contributed by atoms with Crippen LogP contribution in [0.5, 0.6) is 5.75 Å². The van der Waals surface area contributed by atoms with Gasteiger partial charge in [0.25, 0.3) is 0 Å². The number of benzene rings is 3. The summed E-state index contributed by atoms with van der Waals surface area (Å²) in [6.07, 6.45) is -0.464. The third kappa shape index (κ3) is 12.2. The summed E-state index contributed by atoms with van der Waals surface area (Å²) >= 11 is 11.9. The molecule has 1 aliphatic rings. The molecule has 0 amide bonds. The molecular formula is C30H42Cl2N2O3. The van der Waals surface area contributed by atoms with Crippen LogP contribution in [0.15, 0.2) is 78.9 Å². The van der Waals surface area contributed by atoms with Crippen molar-refractivity contribution in [2.45, 2.75) is 33.8 Å². The van der Waals surface area contributed by atoms with Gasteiger partial charge in [-0.2, -0.15) is 0 Å². The van der Waals surface area contributed by atoms with Crippen molar-refractivity contribution in [1.82, 2.24) is 4.90 Å². The van der Waals surface area contributed by atoms with E-state index in [-0.39, 0.29) is 13.2 Å². The Hall–Kier alpha value is -2.28. The number of aliphatic hydroxyl groups excluding tert-OH is 2. The van der Waals surface area contributed by atoms with Gasteiger partial charge in [0.2, 0.25) is 0 Å². The van der Waals surface area contributed by atoms with Crippen LogP contribution in [0.2, 0.25) is 10.0 Å². The molecular weight excluding hydrogens is 507 g/mol. The molecule has 1 unspecified atom stereocenters. The molecule has 7 heteroatoms. The summed E-state index contributed by atoms with van der Waals surface area (Å²) in [6.45, 7) is 12.4. The summed E-state index contributed by atoms with van der Waals surface area (Å²) in [5.41, 5.74) is 1.95. The Kier molecular flexibility index (Phi) is 17.5. The number of piperazine rings is 1. The van der Waals surface area contributed by atoms with Crippen molar-refractivity contribution in [2.75, 3.05) is 50.8 Å². The molecule has 1 aliphatic heterocycles. The molecule has 1 heterocycles. The van der Waals surface area contributed by atoms with Gasteiger partial charge in [0.1, 0.15) is 12.4 Å². The number of hydrogen-bond donors (Lipinski definition) is 2. The van der Waals surface area contributed by atoms with Crippen LogP contribution in [-0.2, 0) is 0 Å². The molecule has 2 N–H and O–H groups in total. The Morgan fingerprint density at radius 2 is 1.38 bits per heavy atom. The second-order valence-electron chi connectivity index (χ2n) is 7.69. The molecule has 37 heavy (non-hydrogen) atoms. The van der Waals surface area contributed by atoms with Crippen LogP contribution in [0.1, 0.15) is 39.4 Å². The van der Waals surface area contributed by atoms with E-state index in [4.69, 9.17) is 33.0 Å². The highest BCUT2D eigenvalue weighted by Crippen LogP contribution is 2.30. The topological polar surface area (TPSA) is 56.2 Å². The molecule has 0 radical (unpaired) electrons. The maximum atomic E-state index is 10.4. The first-order chi connectivity index (χ1) is 18.1. The maximum Gasteiger partial charge on any atom is 0.121 e. The van der Waals surface area contributed by atoms with E-state index < -0.39 is 6.10 Å². The van der Waals surface area contributed by atoms with Crippen molar-refractivity contribution in [2.24, 2.45) is 0 Å². The lowest BCUT2D eigenvalue weighted by atomic mass is 10.1. The molecule has 0 saturated carbocycles. The zero-order valence-corrected chi connectivity index (χ0v) is 24.0. The molecule has 3 aromatic carbocycles. The van der Waals surface area contributed by atoms with Gasteiger partial charge in [-0.25, -0.2) is 0 Å². The molecule has 204 valence electrons. The Balaban J connectivity index is 0.000000525. The van der Waals surface area contributed by atoms with Gasteiger partial charge < -0.3 is 19.8 Å². The number of β-amino-alcohol motifs (C(OH)–C–C–N with tert-alkyl or cyclic N) is 1. The molecule has 0 spiro atoms. The quantitative estimate of drug-likeness (QED) is 0.334. The van der Waals surface area contributed by atoms with Gasteiger partial charge in [-0.15, -0.1) is 0 Å². The number of nitrogens with zero attached hydrogens (tertiary/aromatic N) is 2. The molecule has 3 aromatic rings. The van der Waals surface area contributed by atoms with E-state index in [0.717, 1.165) is 42.5 Å². The Morgan fingerprint density at radius 1 is 0.811 bits per heavy atom. The highest BCUT2D eigenvalue weighted by molar-refractivity contribution is 6.33. The molecule has 0 aromatic heterocycles. The minimum Gasteiger partial charge on any atom is -0.491 e. The maximum absolute atomic E-state index is 10.4. The Morgan fingerprint density at radius 3 is 1.86 bits per heavy atom. The monoisotopic (exact) mass is 548 g/mol. The molecule has 0 bridgehead atoms. The zero-order valence-electron chi connectivity index (χ0n) is 22.5. The number of halogens is 2. The predicted octanol–water partition coefficient (Wildman–Crippen LogP) is 6.96. The smallest absolute Gasteiger partial charge is 0.121 e. The summed E-state index contributed by atoms with van der Waals surface area (Å²) in [7, 11) is 0. The van der Waals surface area contributed by atoms with E-state index in [2.05, 4.69) is 9.80 Å². The third-order valence-corrected chi connectivity index (χ3v) is 5.90. The van der Waals surface area contributed by atoms with Gasteiger partial charge in [0, 0.05) is 43.8 Å². The van der Waals surface area contributed by atoms with Crippen LogP contribution in [-0.4, -0.2) is 61.1 Å². The lowest BCUT2D eigenvalue weighted by Gasteiger charge is -2.37. The van der Waals surface area contributed by atoms with E-state index in [0.29, 0.717) is 17.3 Å². The van der Waals surface area contributed by atoms with Crippen LogP contribution in [0.3, 0.4) is 0 Å². The molecule has 4 rings (SSSR count). The summed E-state index contributed by atoms with van der Waals surface area (Å²) in [4.78, 5) is 4.53. The number of hydrogen-bond acceptors (Lipinski definition) is 5. The lowest BCUT2D eigenvalue weighted by molar-refractivity contribution is 0.109. The van der Waals surface area contributed by atoms with E-state index in [1.54, 1.807) is 6.07 Å². The third-order valence-electron chi connectivity index (χ3n) is 5.34. The van der Waals surface area contributed by atoms with Crippen molar-refractivity contribution in [3.8, 4) is 5.75 Å². The van der Waals surface area contributed by atoms with Gasteiger partial charge in [-0.3, -0.25) is 4.90 Å². The van der Waals surface area contributed by atoms with Gasteiger partial charge in [0.05, 0.1) is 23.4 Å². The van der Waals surface area contributed by atoms with Crippen LogP contribution in [0.4, 0.5) is 5.69 Å². The normalized spacial score (nSPS) is 13.6. The molecule has 1 saturated heterocycles. The SMILES string of the molecule is CC.CC.Clc1ccccc1.OCCOc1ccc(N2CCN(CC(O)c3ccccc3)CC2)c(Cl)c1. The average molecular weight is 550 g/mol. The number of aliphatic hydroxyl groups is 2. The van der Waals surface area contributed by atoms with Crippen LogP contribution < -0.4 is 9.64 Å². The first-order valence-electron chi connectivity index (χ1n) is 13.0. The summed E-state index contributed by atoms with van der Waals surface area (Å²) in [6, 6.07) is 24.9. The fraction of sp³-hybridized carbons (Fsp3) is 0.400. The minimum absolute atomic E-state index is 0.0177. The van der Waals surface area contributed by atoms with Crippen LogP contribution in [0, 0.1) is 0 Å². The highest BCUT2D eigenvalue weighted by atomic mass is 35.5. The lowest BCUT2D eigenvalue weighted by Crippen LogP contribution is -2.47. The number of rotatable bonds is 7. The molecule has 1 atom stereocenters. The van der Waals surface area contributed by atoms with Crippen molar-refractivity contribution in [3.63, 3.8) is 0 Å². The van der Waals surface area contributed by atoms with Gasteiger partial charge in [-0.05, 0) is 29.8 Å². The highest BCUT2D eigenvalue weighted by Gasteiger charge is 2.21.